The lowest BCUT2D eigenvalue weighted by Gasteiger charge is -2.06. The minimum Gasteiger partial charge on any atom is -0.481 e. The van der Waals surface area contributed by atoms with Crippen LogP contribution in [0.3, 0.4) is 0 Å². The molecule has 17 heavy (non-hydrogen) atoms. The number of carbonyl (C=O) groups is 1. The zero-order chi connectivity index (χ0) is 13.1. The van der Waals surface area contributed by atoms with Crippen LogP contribution in [0.25, 0.3) is 0 Å². The highest BCUT2D eigenvalue weighted by Crippen LogP contribution is 2.10. The fourth-order valence-corrected chi connectivity index (χ4v) is 1.15. The van der Waals surface area contributed by atoms with Crippen LogP contribution in [0, 0.1) is 5.92 Å². The van der Waals surface area contributed by atoms with E-state index in [4.69, 9.17) is 5.11 Å². The fraction of sp³-hybridized carbons (Fsp3) is 0.636. The Morgan fingerprint density at radius 3 is 2.47 bits per heavy atom. The van der Waals surface area contributed by atoms with Crippen LogP contribution in [0.5, 0.6) is 0 Å². The molecule has 1 rings (SSSR count). The SMILES string of the molecule is C/C=C/C.CCCC(Cc1nn[nH]n1)C(=O)O. The maximum Gasteiger partial charge on any atom is 0.306 e. The molecular formula is C11H20N4O2. The fourth-order valence-electron chi connectivity index (χ4n) is 1.15. The molecule has 0 bridgehead atoms. The molecule has 0 fully saturated rings. The molecule has 0 saturated heterocycles. The highest BCUT2D eigenvalue weighted by Gasteiger charge is 2.18. The molecule has 1 aromatic rings. The molecular weight excluding hydrogens is 220 g/mol. The van der Waals surface area contributed by atoms with E-state index in [-0.39, 0.29) is 0 Å². The van der Waals surface area contributed by atoms with Gasteiger partial charge < -0.3 is 5.11 Å². The Labute approximate surface area is 101 Å². The Kier molecular flexibility index (Phi) is 8.54. The van der Waals surface area contributed by atoms with Crippen LogP contribution >= 0.6 is 0 Å². The summed E-state index contributed by atoms with van der Waals surface area (Å²) in [5.41, 5.74) is 0. The van der Waals surface area contributed by atoms with Crippen molar-refractivity contribution in [3.63, 3.8) is 0 Å². The average Bonchev–Trinajstić information content (AvgIpc) is 2.81. The van der Waals surface area contributed by atoms with Crippen LogP contribution in [0.4, 0.5) is 0 Å². The first-order valence-electron chi connectivity index (χ1n) is 5.68. The lowest BCUT2D eigenvalue weighted by molar-refractivity contribution is -0.142. The number of rotatable bonds is 5. The number of hydrogen-bond donors (Lipinski definition) is 2. The van der Waals surface area contributed by atoms with Crippen molar-refractivity contribution in [1.29, 1.82) is 0 Å². The first-order chi connectivity index (χ1) is 8.15. The van der Waals surface area contributed by atoms with Gasteiger partial charge in [-0.15, -0.1) is 10.2 Å². The molecule has 96 valence electrons. The summed E-state index contributed by atoms with van der Waals surface area (Å²) in [6.45, 7) is 5.95. The monoisotopic (exact) mass is 240 g/mol. The van der Waals surface area contributed by atoms with Crippen molar-refractivity contribution in [3.05, 3.63) is 18.0 Å². The van der Waals surface area contributed by atoms with Crippen molar-refractivity contribution >= 4 is 5.97 Å². The van der Waals surface area contributed by atoms with Gasteiger partial charge in [0.25, 0.3) is 0 Å². The van der Waals surface area contributed by atoms with Gasteiger partial charge in [-0.3, -0.25) is 4.79 Å². The maximum atomic E-state index is 10.7. The van der Waals surface area contributed by atoms with E-state index in [0.717, 1.165) is 6.42 Å². The average molecular weight is 240 g/mol. The number of tetrazole rings is 1. The van der Waals surface area contributed by atoms with E-state index < -0.39 is 11.9 Å². The van der Waals surface area contributed by atoms with Crippen LogP contribution in [-0.2, 0) is 11.2 Å². The second-order valence-corrected chi connectivity index (χ2v) is 3.52. The third kappa shape index (κ3) is 7.21. The molecule has 0 aliphatic rings. The number of carboxylic acids is 1. The van der Waals surface area contributed by atoms with Crippen molar-refractivity contribution in [2.45, 2.75) is 40.0 Å². The second kappa shape index (κ2) is 9.50. The van der Waals surface area contributed by atoms with Crippen molar-refractivity contribution in [2.75, 3.05) is 0 Å². The molecule has 0 amide bonds. The van der Waals surface area contributed by atoms with E-state index >= 15 is 0 Å². The molecule has 0 aliphatic heterocycles. The number of hydrogen-bond acceptors (Lipinski definition) is 4. The molecule has 0 radical (unpaired) electrons. The standard InChI is InChI=1S/C7H12N4O2.C4H8/c1-2-3-5(7(12)13)4-6-8-10-11-9-6;1-3-4-2/h5H,2-4H2,1H3,(H,12,13)(H,8,9,10,11);3-4H,1-2H3/b;4-3+. The van der Waals surface area contributed by atoms with Gasteiger partial charge in [0.15, 0.2) is 5.82 Å². The van der Waals surface area contributed by atoms with Gasteiger partial charge in [-0.1, -0.05) is 30.7 Å². The molecule has 1 heterocycles. The van der Waals surface area contributed by atoms with Crippen LogP contribution in [-0.4, -0.2) is 31.7 Å². The second-order valence-electron chi connectivity index (χ2n) is 3.52. The summed E-state index contributed by atoms with van der Waals surface area (Å²) in [7, 11) is 0. The number of allylic oxidation sites excluding steroid dienone is 2. The molecule has 0 aromatic carbocycles. The van der Waals surface area contributed by atoms with Gasteiger partial charge in [0.2, 0.25) is 0 Å². The summed E-state index contributed by atoms with van der Waals surface area (Å²) in [6, 6.07) is 0. The number of aliphatic carboxylic acids is 1. The Bertz CT molecular complexity index is 318. The molecule has 1 aromatic heterocycles. The number of nitrogens with one attached hydrogen (secondary N) is 1. The minimum absolute atomic E-state index is 0.347. The Hall–Kier alpha value is -1.72. The van der Waals surface area contributed by atoms with Gasteiger partial charge in [0, 0.05) is 6.42 Å². The Balaban J connectivity index is 0.000000557. The van der Waals surface area contributed by atoms with Crippen molar-refractivity contribution in [2.24, 2.45) is 5.92 Å². The van der Waals surface area contributed by atoms with Crippen LogP contribution in [0.1, 0.15) is 39.4 Å². The predicted octanol–water partition coefficient (Wildman–Crippen LogP) is 1.83. The smallest absolute Gasteiger partial charge is 0.306 e. The van der Waals surface area contributed by atoms with Crippen molar-refractivity contribution in [3.8, 4) is 0 Å². The van der Waals surface area contributed by atoms with Crippen molar-refractivity contribution < 1.29 is 9.90 Å². The number of H-pyrrole nitrogens is 1. The zero-order valence-corrected chi connectivity index (χ0v) is 10.6. The minimum atomic E-state index is -0.799. The summed E-state index contributed by atoms with van der Waals surface area (Å²) in [4.78, 5) is 10.7. The molecule has 1 unspecified atom stereocenters. The summed E-state index contributed by atoms with van der Waals surface area (Å²) < 4.78 is 0. The van der Waals surface area contributed by atoms with Crippen LogP contribution < -0.4 is 0 Å². The third-order valence-electron chi connectivity index (χ3n) is 2.14. The quantitative estimate of drug-likeness (QED) is 0.766. The van der Waals surface area contributed by atoms with E-state index in [0.29, 0.717) is 18.7 Å². The summed E-state index contributed by atoms with van der Waals surface area (Å²) in [5, 5.41) is 21.9. The normalized spacial score (nSPS) is 11.9. The molecule has 2 N–H and O–H groups in total. The van der Waals surface area contributed by atoms with E-state index in [2.05, 4.69) is 20.6 Å². The molecule has 1 atom stereocenters. The first kappa shape index (κ1) is 15.3. The zero-order valence-electron chi connectivity index (χ0n) is 10.6. The number of aromatic amines is 1. The number of aromatic nitrogens is 4. The van der Waals surface area contributed by atoms with Gasteiger partial charge in [0.05, 0.1) is 5.92 Å². The van der Waals surface area contributed by atoms with Crippen LogP contribution in [0.2, 0.25) is 0 Å². The largest absolute Gasteiger partial charge is 0.481 e. The molecule has 6 nitrogen and oxygen atoms in total. The molecule has 0 saturated carbocycles. The van der Waals surface area contributed by atoms with E-state index in [9.17, 15) is 4.79 Å². The first-order valence-corrected chi connectivity index (χ1v) is 5.68. The summed E-state index contributed by atoms with van der Waals surface area (Å²) >= 11 is 0. The van der Waals surface area contributed by atoms with E-state index in [1.165, 1.54) is 0 Å². The van der Waals surface area contributed by atoms with Gasteiger partial charge >= 0.3 is 5.97 Å². The third-order valence-corrected chi connectivity index (χ3v) is 2.14. The van der Waals surface area contributed by atoms with Gasteiger partial charge in [0.1, 0.15) is 0 Å². The van der Waals surface area contributed by atoms with Gasteiger partial charge in [-0.2, -0.15) is 5.21 Å². The van der Waals surface area contributed by atoms with Gasteiger partial charge in [-0.25, -0.2) is 0 Å². The predicted molar refractivity (Wildman–Crippen MR) is 64.4 cm³/mol. The van der Waals surface area contributed by atoms with Gasteiger partial charge in [-0.05, 0) is 20.3 Å². The van der Waals surface area contributed by atoms with Crippen molar-refractivity contribution in [1.82, 2.24) is 20.6 Å². The summed E-state index contributed by atoms with van der Waals surface area (Å²) in [5.74, 6) is -0.741. The van der Waals surface area contributed by atoms with Crippen LogP contribution in [0.15, 0.2) is 12.2 Å². The molecule has 0 aliphatic carbocycles. The highest BCUT2D eigenvalue weighted by atomic mass is 16.4. The number of carboxylic acid groups (broad SMARTS) is 1. The molecule has 0 spiro atoms. The lowest BCUT2D eigenvalue weighted by Crippen LogP contribution is -2.16. The van der Waals surface area contributed by atoms with E-state index in [1.54, 1.807) is 0 Å². The maximum absolute atomic E-state index is 10.7. The highest BCUT2D eigenvalue weighted by molar-refractivity contribution is 5.70. The topological polar surface area (TPSA) is 91.8 Å². The Morgan fingerprint density at radius 2 is 2.12 bits per heavy atom. The lowest BCUT2D eigenvalue weighted by atomic mass is 10.00. The summed E-state index contributed by atoms with van der Waals surface area (Å²) in [6.07, 6.45) is 5.83. The number of nitrogens with zero attached hydrogens (tertiary/aromatic N) is 3. The Morgan fingerprint density at radius 1 is 1.47 bits per heavy atom. The van der Waals surface area contributed by atoms with E-state index in [1.807, 2.05) is 32.9 Å². The molecule has 6 heteroatoms.